The molecule has 6 nitrogen and oxygen atoms in total. The number of aliphatic hydroxyl groups is 1. The zero-order valence-electron chi connectivity index (χ0n) is 18.6. The predicted molar refractivity (Wildman–Crippen MR) is 123 cm³/mol. The number of rotatable bonds is 7. The van der Waals surface area contributed by atoms with Gasteiger partial charge in [-0.2, -0.15) is 0 Å². The number of benzene rings is 2. The third-order valence-corrected chi connectivity index (χ3v) is 6.36. The largest absolute Gasteiger partial charge is 0.389 e. The minimum Gasteiger partial charge on any atom is -0.389 e. The van der Waals surface area contributed by atoms with Crippen molar-refractivity contribution in [2.24, 2.45) is 0 Å². The first kappa shape index (κ1) is 22.9. The molecular formula is C26H34N2O4. The molecule has 0 bridgehead atoms. The van der Waals surface area contributed by atoms with Gasteiger partial charge in [-0.3, -0.25) is 9.69 Å². The predicted octanol–water partition coefficient (Wildman–Crippen LogP) is 2.54. The van der Waals surface area contributed by atoms with Crippen molar-refractivity contribution < 1.29 is 19.4 Å². The van der Waals surface area contributed by atoms with Crippen LogP contribution in [0.3, 0.4) is 0 Å². The average Bonchev–Trinajstić information content (AvgIpc) is 2.81. The van der Waals surface area contributed by atoms with Crippen LogP contribution in [0.2, 0.25) is 0 Å². The fourth-order valence-electron chi connectivity index (χ4n) is 4.70. The molecule has 2 aliphatic rings. The van der Waals surface area contributed by atoms with Crippen molar-refractivity contribution in [2.75, 3.05) is 26.3 Å². The molecule has 0 aromatic heterocycles. The molecule has 2 heterocycles. The van der Waals surface area contributed by atoms with Crippen molar-refractivity contribution in [2.45, 2.75) is 56.6 Å². The molecule has 2 aromatic carbocycles. The Morgan fingerprint density at radius 2 is 1.72 bits per heavy atom. The summed E-state index contributed by atoms with van der Waals surface area (Å²) in [5.74, 6) is 0.0143. The lowest BCUT2D eigenvalue weighted by Crippen LogP contribution is -2.56. The molecule has 0 aliphatic carbocycles. The van der Waals surface area contributed by atoms with Crippen LogP contribution in [0, 0.1) is 0 Å². The van der Waals surface area contributed by atoms with E-state index in [1.54, 1.807) is 0 Å². The molecule has 4 rings (SSSR count). The average molecular weight is 439 g/mol. The Bertz CT molecular complexity index is 832. The molecule has 2 saturated heterocycles. The summed E-state index contributed by atoms with van der Waals surface area (Å²) in [5.41, 5.74) is 2.38. The highest BCUT2D eigenvalue weighted by Crippen LogP contribution is 2.28. The summed E-state index contributed by atoms with van der Waals surface area (Å²) in [5, 5.41) is 13.3. The summed E-state index contributed by atoms with van der Waals surface area (Å²) in [7, 11) is 0. The molecule has 32 heavy (non-hydrogen) atoms. The highest BCUT2D eigenvalue weighted by atomic mass is 16.5. The lowest BCUT2D eigenvalue weighted by Gasteiger charge is -2.44. The van der Waals surface area contributed by atoms with Crippen molar-refractivity contribution in [3.63, 3.8) is 0 Å². The second kappa shape index (κ2) is 11.6. The highest BCUT2D eigenvalue weighted by Gasteiger charge is 2.37. The first-order chi connectivity index (χ1) is 15.7. The van der Waals surface area contributed by atoms with Crippen LogP contribution < -0.4 is 5.32 Å². The number of hydrogen-bond acceptors (Lipinski definition) is 5. The molecule has 2 fully saturated rings. The first-order valence-electron chi connectivity index (χ1n) is 11.7. The maximum atomic E-state index is 12.5. The van der Waals surface area contributed by atoms with E-state index < -0.39 is 6.10 Å². The molecule has 6 heteroatoms. The number of nitrogens with one attached hydrogen (secondary N) is 1. The fourth-order valence-corrected chi connectivity index (χ4v) is 4.70. The third kappa shape index (κ3) is 6.62. The van der Waals surface area contributed by atoms with Gasteiger partial charge in [0, 0.05) is 25.7 Å². The van der Waals surface area contributed by atoms with Gasteiger partial charge in [0.25, 0.3) is 0 Å². The summed E-state index contributed by atoms with van der Waals surface area (Å²) >= 11 is 0. The van der Waals surface area contributed by atoms with Crippen LogP contribution in [0.4, 0.5) is 0 Å². The van der Waals surface area contributed by atoms with Crippen LogP contribution >= 0.6 is 0 Å². The summed E-state index contributed by atoms with van der Waals surface area (Å²) in [6, 6.07) is 20.6. The molecule has 0 saturated carbocycles. The van der Waals surface area contributed by atoms with Gasteiger partial charge in [-0.25, -0.2) is 0 Å². The zero-order chi connectivity index (χ0) is 22.2. The molecule has 0 radical (unpaired) electrons. The molecule has 172 valence electrons. The van der Waals surface area contributed by atoms with Gasteiger partial charge >= 0.3 is 0 Å². The quantitative estimate of drug-likeness (QED) is 0.695. The van der Waals surface area contributed by atoms with Crippen LogP contribution in [-0.2, 0) is 27.2 Å². The number of carbonyl (C=O) groups excluding carboxylic acids is 1. The number of hydrogen-bond donors (Lipinski definition) is 2. The Hall–Kier alpha value is -2.25. The lowest BCUT2D eigenvalue weighted by atomic mass is 9.94. The molecule has 2 aliphatic heterocycles. The van der Waals surface area contributed by atoms with Crippen molar-refractivity contribution in [3.8, 4) is 0 Å². The third-order valence-electron chi connectivity index (χ3n) is 6.36. The van der Waals surface area contributed by atoms with E-state index in [1.807, 2.05) is 36.4 Å². The van der Waals surface area contributed by atoms with Crippen LogP contribution in [-0.4, -0.2) is 66.6 Å². The summed E-state index contributed by atoms with van der Waals surface area (Å²) < 4.78 is 12.1. The highest BCUT2D eigenvalue weighted by molar-refractivity contribution is 5.76. The van der Waals surface area contributed by atoms with Crippen LogP contribution in [0.5, 0.6) is 0 Å². The van der Waals surface area contributed by atoms with E-state index in [9.17, 15) is 9.90 Å². The van der Waals surface area contributed by atoms with Crippen LogP contribution in [0.1, 0.15) is 30.4 Å². The van der Waals surface area contributed by atoms with E-state index in [4.69, 9.17) is 9.47 Å². The van der Waals surface area contributed by atoms with Crippen LogP contribution in [0.15, 0.2) is 60.7 Å². The lowest BCUT2D eigenvalue weighted by molar-refractivity contribution is -0.156. The van der Waals surface area contributed by atoms with E-state index >= 15 is 0 Å². The van der Waals surface area contributed by atoms with Crippen molar-refractivity contribution in [1.29, 1.82) is 0 Å². The number of fused-ring (bicyclic) bond motifs is 1. The molecular weight excluding hydrogens is 404 g/mol. The zero-order valence-corrected chi connectivity index (χ0v) is 18.6. The maximum Gasteiger partial charge on any atom is 0.222 e. The van der Waals surface area contributed by atoms with E-state index in [2.05, 4.69) is 34.5 Å². The molecule has 2 N–H and O–H groups in total. The Labute approximate surface area is 190 Å². The smallest absolute Gasteiger partial charge is 0.222 e. The van der Waals surface area contributed by atoms with Gasteiger partial charge in [0.1, 0.15) is 0 Å². The number of amides is 1. The summed E-state index contributed by atoms with van der Waals surface area (Å²) in [4.78, 5) is 14.8. The van der Waals surface area contributed by atoms with Gasteiger partial charge in [-0.1, -0.05) is 60.7 Å². The Kier molecular flexibility index (Phi) is 8.29. The molecule has 4 atom stereocenters. The Balaban J connectivity index is 1.31. The number of nitrogens with zero attached hydrogens (tertiary/aromatic N) is 1. The van der Waals surface area contributed by atoms with Crippen molar-refractivity contribution in [3.05, 3.63) is 71.8 Å². The standard InChI is InChI=1S/C26H34N2O4/c29-22-17-28(14-13-20-7-3-1-4-8-20)24-12-11-23(32-25(24)19-31-18-22)15-26(30)27-16-21-9-5-2-6-10-21/h1-10,22-25,29H,11-19H2,(H,27,30)/t22-,23-,24-,25+/m0/s1. The fraction of sp³-hybridized carbons (Fsp3) is 0.500. The number of β-amino-alcohol motifs (C(OH)–C–C–N with tert-alkyl or cyclic N) is 1. The normalized spacial score (nSPS) is 26.5. The minimum atomic E-state index is -0.492. The van der Waals surface area contributed by atoms with Gasteiger partial charge in [-0.15, -0.1) is 0 Å². The van der Waals surface area contributed by atoms with Gasteiger partial charge in [0.2, 0.25) is 5.91 Å². The topological polar surface area (TPSA) is 71.0 Å². The van der Waals surface area contributed by atoms with Gasteiger partial charge in [0.15, 0.2) is 0 Å². The van der Waals surface area contributed by atoms with Crippen molar-refractivity contribution >= 4 is 5.91 Å². The monoisotopic (exact) mass is 438 g/mol. The first-order valence-corrected chi connectivity index (χ1v) is 11.7. The minimum absolute atomic E-state index is 0.0143. The maximum absolute atomic E-state index is 12.5. The molecule has 2 aromatic rings. The molecule has 0 unspecified atom stereocenters. The van der Waals surface area contributed by atoms with E-state index in [0.717, 1.165) is 31.4 Å². The van der Waals surface area contributed by atoms with E-state index in [0.29, 0.717) is 32.7 Å². The molecule has 0 spiro atoms. The van der Waals surface area contributed by atoms with Crippen LogP contribution in [0.25, 0.3) is 0 Å². The van der Waals surface area contributed by atoms with Gasteiger partial charge in [0.05, 0.1) is 37.9 Å². The van der Waals surface area contributed by atoms with Crippen molar-refractivity contribution in [1.82, 2.24) is 10.2 Å². The Morgan fingerprint density at radius 1 is 1.00 bits per heavy atom. The van der Waals surface area contributed by atoms with Gasteiger partial charge in [-0.05, 0) is 30.4 Å². The van der Waals surface area contributed by atoms with E-state index in [1.165, 1.54) is 5.56 Å². The molecule has 1 amide bonds. The summed E-state index contributed by atoms with van der Waals surface area (Å²) in [6.45, 7) is 2.75. The second-order valence-electron chi connectivity index (χ2n) is 8.83. The number of carbonyl (C=O) groups is 1. The summed E-state index contributed by atoms with van der Waals surface area (Å²) in [6.07, 6.45) is 2.39. The number of aliphatic hydroxyl groups excluding tert-OH is 1. The van der Waals surface area contributed by atoms with E-state index in [-0.39, 0.29) is 24.2 Å². The van der Waals surface area contributed by atoms with Gasteiger partial charge < -0.3 is 19.9 Å². The second-order valence-corrected chi connectivity index (χ2v) is 8.83. The number of ether oxygens (including phenoxy) is 2. The SMILES string of the molecule is O=C(C[C@@H]1CC[C@H]2[C@@H](COC[C@@H](O)CN2CCc2ccccc2)O1)NCc1ccccc1. The Morgan fingerprint density at radius 3 is 2.47 bits per heavy atom.